The van der Waals surface area contributed by atoms with E-state index in [-0.39, 0.29) is 0 Å². The zero-order valence-electron chi connectivity index (χ0n) is 6.10. The van der Waals surface area contributed by atoms with Gasteiger partial charge in [-0.25, -0.2) is 0 Å². The molecule has 0 saturated heterocycles. The number of halogens is 3. The van der Waals surface area contributed by atoms with Crippen LogP contribution in [-0.4, -0.2) is 10.7 Å². The van der Waals surface area contributed by atoms with Crippen LogP contribution in [0.15, 0.2) is 18.2 Å². The second-order valence-electron chi connectivity index (χ2n) is 2.37. The zero-order chi connectivity index (χ0) is 9.14. The first kappa shape index (κ1) is 10.1. The lowest BCUT2D eigenvalue weighted by Crippen LogP contribution is -2.01. The summed E-state index contributed by atoms with van der Waals surface area (Å²) in [5.74, 6) is 0. The molecule has 66 valence electrons. The van der Waals surface area contributed by atoms with Crippen molar-refractivity contribution in [2.24, 2.45) is 0 Å². The average Bonchev–Trinajstić information content (AvgIpc) is 1.94. The number of hydrogen-bond acceptors (Lipinski definition) is 1. The Morgan fingerprint density at radius 1 is 1.33 bits per heavy atom. The van der Waals surface area contributed by atoms with E-state index in [1.807, 2.05) is 0 Å². The van der Waals surface area contributed by atoms with Crippen LogP contribution < -0.4 is 0 Å². The summed E-state index contributed by atoms with van der Waals surface area (Å²) in [6.07, 6.45) is 0.331. The summed E-state index contributed by atoms with van der Waals surface area (Å²) in [4.78, 5) is 0. The second-order valence-corrected chi connectivity index (χ2v) is 3.72. The van der Waals surface area contributed by atoms with Gasteiger partial charge in [0.2, 0.25) is 0 Å². The minimum atomic E-state index is -0.899. The molecule has 0 saturated carbocycles. The number of benzene rings is 1. The van der Waals surface area contributed by atoms with Crippen LogP contribution in [-0.2, 0) is 6.42 Å². The number of aliphatic hydroxyl groups is 1. The fraction of sp³-hybridized carbons (Fsp3) is 0.250. The van der Waals surface area contributed by atoms with Crippen molar-refractivity contribution >= 4 is 34.8 Å². The average molecular weight is 226 g/mol. The molecule has 0 fully saturated rings. The molecule has 0 aliphatic carbocycles. The van der Waals surface area contributed by atoms with E-state index in [9.17, 15) is 0 Å². The van der Waals surface area contributed by atoms with Crippen molar-refractivity contribution in [2.45, 2.75) is 12.0 Å². The van der Waals surface area contributed by atoms with E-state index >= 15 is 0 Å². The van der Waals surface area contributed by atoms with Crippen LogP contribution in [0.4, 0.5) is 0 Å². The highest BCUT2D eigenvalue weighted by molar-refractivity contribution is 6.35. The number of rotatable bonds is 2. The van der Waals surface area contributed by atoms with Crippen LogP contribution in [0.3, 0.4) is 0 Å². The van der Waals surface area contributed by atoms with Gasteiger partial charge in [-0.3, -0.25) is 0 Å². The predicted octanol–water partition coefficient (Wildman–Crippen LogP) is 3.09. The second kappa shape index (κ2) is 4.33. The summed E-state index contributed by atoms with van der Waals surface area (Å²) in [7, 11) is 0. The van der Waals surface area contributed by atoms with Gasteiger partial charge in [0.05, 0.1) is 0 Å². The Hall–Kier alpha value is 0.0500. The third-order valence-electron chi connectivity index (χ3n) is 1.40. The molecule has 12 heavy (non-hydrogen) atoms. The van der Waals surface area contributed by atoms with Crippen molar-refractivity contribution in [1.29, 1.82) is 0 Å². The molecule has 1 atom stereocenters. The normalized spacial score (nSPS) is 13.0. The molecule has 4 heteroatoms. The van der Waals surface area contributed by atoms with E-state index in [0.717, 1.165) is 5.56 Å². The Kier molecular flexibility index (Phi) is 3.66. The van der Waals surface area contributed by atoms with Crippen LogP contribution in [0.1, 0.15) is 5.56 Å². The fourth-order valence-electron chi connectivity index (χ4n) is 0.869. The van der Waals surface area contributed by atoms with E-state index in [1.165, 1.54) is 0 Å². The highest BCUT2D eigenvalue weighted by Gasteiger charge is 2.05. The molecule has 1 aromatic rings. The highest BCUT2D eigenvalue weighted by Crippen LogP contribution is 2.22. The summed E-state index contributed by atoms with van der Waals surface area (Å²) in [6.45, 7) is 0. The Bertz CT molecular complexity index is 273. The molecule has 1 aromatic carbocycles. The smallest absolute Gasteiger partial charge is 0.132 e. The molecule has 0 heterocycles. The molecule has 0 unspecified atom stereocenters. The van der Waals surface area contributed by atoms with E-state index in [0.29, 0.717) is 16.5 Å². The Balaban J connectivity index is 2.86. The van der Waals surface area contributed by atoms with E-state index in [4.69, 9.17) is 39.9 Å². The Labute approximate surface area is 85.9 Å². The van der Waals surface area contributed by atoms with Crippen molar-refractivity contribution < 1.29 is 5.11 Å². The molecule has 0 bridgehead atoms. The Morgan fingerprint density at radius 3 is 2.50 bits per heavy atom. The maximum atomic E-state index is 8.87. The van der Waals surface area contributed by atoms with Crippen molar-refractivity contribution in [3.05, 3.63) is 33.8 Å². The maximum absolute atomic E-state index is 8.87. The predicted molar refractivity (Wildman–Crippen MR) is 52.0 cm³/mol. The van der Waals surface area contributed by atoms with E-state index in [1.54, 1.807) is 18.2 Å². The summed E-state index contributed by atoms with van der Waals surface area (Å²) in [5.41, 5.74) is -0.104. The fourth-order valence-corrected chi connectivity index (χ4v) is 1.52. The van der Waals surface area contributed by atoms with Crippen LogP contribution >= 0.6 is 34.8 Å². The van der Waals surface area contributed by atoms with Gasteiger partial charge >= 0.3 is 0 Å². The largest absolute Gasteiger partial charge is 0.377 e. The van der Waals surface area contributed by atoms with E-state index < -0.39 is 5.56 Å². The monoisotopic (exact) mass is 224 g/mol. The maximum Gasteiger partial charge on any atom is 0.132 e. The molecule has 0 amide bonds. The minimum absolute atomic E-state index is 0.331. The first-order valence-electron chi connectivity index (χ1n) is 3.35. The van der Waals surface area contributed by atoms with Crippen LogP contribution in [0.25, 0.3) is 0 Å². The lowest BCUT2D eigenvalue weighted by atomic mass is 10.2. The van der Waals surface area contributed by atoms with Gasteiger partial charge in [0.1, 0.15) is 5.56 Å². The molecule has 1 rings (SSSR count). The van der Waals surface area contributed by atoms with Gasteiger partial charge < -0.3 is 5.11 Å². The number of aliphatic hydroxyl groups excluding tert-OH is 1. The number of alkyl halides is 1. The molecule has 0 aliphatic heterocycles. The molecule has 1 N–H and O–H groups in total. The topological polar surface area (TPSA) is 20.2 Å². The van der Waals surface area contributed by atoms with Crippen molar-refractivity contribution in [3.63, 3.8) is 0 Å². The van der Waals surface area contributed by atoms with Crippen LogP contribution in [0, 0.1) is 0 Å². The quantitative estimate of drug-likeness (QED) is 0.767. The first-order valence-corrected chi connectivity index (χ1v) is 4.55. The van der Waals surface area contributed by atoms with Gasteiger partial charge in [0.25, 0.3) is 0 Å². The molecule has 0 radical (unpaired) electrons. The molecular weight excluding hydrogens is 218 g/mol. The third kappa shape index (κ3) is 2.83. The van der Waals surface area contributed by atoms with Crippen molar-refractivity contribution in [3.8, 4) is 0 Å². The van der Waals surface area contributed by atoms with Gasteiger partial charge in [-0.2, -0.15) is 0 Å². The van der Waals surface area contributed by atoms with Crippen molar-refractivity contribution in [1.82, 2.24) is 0 Å². The van der Waals surface area contributed by atoms with Gasteiger partial charge in [-0.1, -0.05) is 40.9 Å². The van der Waals surface area contributed by atoms with Gasteiger partial charge in [-0.05, 0) is 17.7 Å². The highest BCUT2D eigenvalue weighted by atomic mass is 35.5. The zero-order valence-corrected chi connectivity index (χ0v) is 8.37. The van der Waals surface area contributed by atoms with Gasteiger partial charge in [0, 0.05) is 16.5 Å². The SMILES string of the molecule is O[C@@H](Cl)Cc1ccc(Cl)cc1Cl. The van der Waals surface area contributed by atoms with E-state index in [2.05, 4.69) is 0 Å². The Morgan fingerprint density at radius 2 is 2.00 bits per heavy atom. The number of hydrogen-bond donors (Lipinski definition) is 1. The van der Waals surface area contributed by atoms with Crippen molar-refractivity contribution in [2.75, 3.05) is 0 Å². The first-order chi connectivity index (χ1) is 5.59. The summed E-state index contributed by atoms with van der Waals surface area (Å²) < 4.78 is 0. The molecule has 0 aliphatic rings. The standard InChI is InChI=1S/C8H7Cl3O/c9-6-2-1-5(3-8(11)12)7(10)4-6/h1-2,4,8,12H,3H2/t8-/m1/s1. The van der Waals surface area contributed by atoms with Gasteiger partial charge in [-0.15, -0.1) is 0 Å². The molecule has 1 nitrogen and oxygen atoms in total. The summed E-state index contributed by atoms with van der Waals surface area (Å²) >= 11 is 16.9. The lowest BCUT2D eigenvalue weighted by Gasteiger charge is -2.04. The molecule has 0 spiro atoms. The molecule has 0 aromatic heterocycles. The summed E-state index contributed by atoms with van der Waals surface area (Å²) in [6, 6.07) is 5.08. The third-order valence-corrected chi connectivity index (χ3v) is 2.14. The minimum Gasteiger partial charge on any atom is -0.377 e. The summed E-state index contributed by atoms with van der Waals surface area (Å²) in [5, 5.41) is 9.98. The molecular formula is C8H7Cl3O. The van der Waals surface area contributed by atoms with Crippen LogP contribution in [0.2, 0.25) is 10.0 Å². The lowest BCUT2D eigenvalue weighted by molar-refractivity contribution is 0.257. The van der Waals surface area contributed by atoms with Crippen LogP contribution in [0.5, 0.6) is 0 Å². The van der Waals surface area contributed by atoms with Gasteiger partial charge in [0.15, 0.2) is 0 Å².